The topological polar surface area (TPSA) is 86.3 Å². The van der Waals surface area contributed by atoms with E-state index in [2.05, 4.69) is 42.8 Å². The number of aliphatic hydroxyl groups is 1. The first-order chi connectivity index (χ1) is 13.3. The predicted octanol–water partition coefficient (Wildman–Crippen LogP) is 3.08. The standard InChI is InChI=1S/C20H23BrN4O2S/c1-3-19(2,14-4-6-15(21)7-5-14)16-12-28-18(24-16)25-17(26)23-13-20(27)8-10-22-11-9-20/h1,4-7,12,22,27H,8-11,13H2,2H3,(H2,23,24,25,26). The molecular weight excluding hydrogens is 440 g/mol. The lowest BCUT2D eigenvalue weighted by atomic mass is 9.81. The van der Waals surface area contributed by atoms with Crippen molar-refractivity contribution in [3.05, 3.63) is 45.4 Å². The molecule has 1 saturated heterocycles. The molecule has 1 aromatic heterocycles. The molecule has 0 radical (unpaired) electrons. The van der Waals surface area contributed by atoms with Gasteiger partial charge in [-0.15, -0.1) is 17.8 Å². The zero-order valence-corrected chi connectivity index (χ0v) is 18.0. The molecule has 148 valence electrons. The van der Waals surface area contributed by atoms with E-state index in [1.54, 1.807) is 0 Å². The maximum atomic E-state index is 12.2. The third-order valence-electron chi connectivity index (χ3n) is 5.06. The maximum absolute atomic E-state index is 12.2. The lowest BCUT2D eigenvalue weighted by molar-refractivity contribution is 0.0138. The molecule has 2 aromatic rings. The van der Waals surface area contributed by atoms with Gasteiger partial charge >= 0.3 is 6.03 Å². The van der Waals surface area contributed by atoms with Crippen molar-refractivity contribution >= 4 is 38.4 Å². The SMILES string of the molecule is C#CC(C)(c1ccc(Br)cc1)c1csc(NC(=O)NCC2(O)CCNCC2)n1. The molecule has 0 saturated carbocycles. The summed E-state index contributed by atoms with van der Waals surface area (Å²) in [6.07, 6.45) is 7.06. The van der Waals surface area contributed by atoms with Crippen LogP contribution in [0.5, 0.6) is 0 Å². The normalized spacial score (nSPS) is 17.9. The zero-order valence-electron chi connectivity index (χ0n) is 15.6. The van der Waals surface area contributed by atoms with Crippen LogP contribution in [0, 0.1) is 12.3 Å². The number of carbonyl (C=O) groups is 1. The van der Waals surface area contributed by atoms with Crippen LogP contribution in [0.2, 0.25) is 0 Å². The number of hydrogen-bond donors (Lipinski definition) is 4. The molecule has 0 aliphatic carbocycles. The number of nitrogens with one attached hydrogen (secondary N) is 3. The molecule has 8 heteroatoms. The van der Waals surface area contributed by atoms with Crippen LogP contribution < -0.4 is 16.0 Å². The highest BCUT2D eigenvalue weighted by Gasteiger charge is 2.31. The highest BCUT2D eigenvalue weighted by Crippen LogP contribution is 2.34. The first kappa shape index (κ1) is 20.8. The van der Waals surface area contributed by atoms with Crippen molar-refractivity contribution in [3.8, 4) is 12.3 Å². The zero-order chi connectivity index (χ0) is 20.2. The Hall–Kier alpha value is -1.92. The quantitative estimate of drug-likeness (QED) is 0.514. The van der Waals surface area contributed by atoms with Crippen molar-refractivity contribution in [1.29, 1.82) is 0 Å². The van der Waals surface area contributed by atoms with Gasteiger partial charge < -0.3 is 15.7 Å². The Morgan fingerprint density at radius 3 is 2.75 bits per heavy atom. The van der Waals surface area contributed by atoms with E-state index in [1.165, 1.54) is 11.3 Å². The second kappa shape index (κ2) is 8.62. The smallest absolute Gasteiger partial charge is 0.321 e. The summed E-state index contributed by atoms with van der Waals surface area (Å²) in [6.45, 7) is 3.63. The van der Waals surface area contributed by atoms with Crippen molar-refractivity contribution in [3.63, 3.8) is 0 Å². The number of anilines is 1. The molecule has 2 heterocycles. The summed E-state index contributed by atoms with van der Waals surface area (Å²) in [6, 6.07) is 7.41. The molecule has 1 unspecified atom stereocenters. The highest BCUT2D eigenvalue weighted by atomic mass is 79.9. The Kier molecular flexibility index (Phi) is 6.40. The van der Waals surface area contributed by atoms with Crippen molar-refractivity contribution in [1.82, 2.24) is 15.6 Å². The van der Waals surface area contributed by atoms with Crippen LogP contribution in [0.15, 0.2) is 34.1 Å². The van der Waals surface area contributed by atoms with Crippen LogP contribution in [-0.2, 0) is 5.41 Å². The molecule has 2 amide bonds. The molecule has 1 aliphatic rings. The molecule has 1 fully saturated rings. The summed E-state index contributed by atoms with van der Waals surface area (Å²) in [4.78, 5) is 16.7. The lowest BCUT2D eigenvalue weighted by Crippen LogP contribution is -2.50. The molecule has 4 N–H and O–H groups in total. The first-order valence-corrected chi connectivity index (χ1v) is 10.7. The monoisotopic (exact) mass is 462 g/mol. The van der Waals surface area contributed by atoms with E-state index in [0.29, 0.717) is 23.7 Å². The predicted molar refractivity (Wildman–Crippen MR) is 116 cm³/mol. The third-order valence-corrected chi connectivity index (χ3v) is 6.35. The largest absolute Gasteiger partial charge is 0.388 e. The number of carbonyl (C=O) groups excluding carboxylic acids is 1. The minimum absolute atomic E-state index is 0.208. The van der Waals surface area contributed by atoms with Gasteiger partial charge in [-0.1, -0.05) is 34.0 Å². The Morgan fingerprint density at radius 1 is 1.43 bits per heavy atom. The Balaban J connectivity index is 1.65. The van der Waals surface area contributed by atoms with Crippen molar-refractivity contribution in [2.45, 2.75) is 30.8 Å². The lowest BCUT2D eigenvalue weighted by Gasteiger charge is -2.32. The fourth-order valence-corrected chi connectivity index (χ4v) is 4.18. The number of aromatic nitrogens is 1. The third kappa shape index (κ3) is 4.73. The fraction of sp³-hybridized carbons (Fsp3) is 0.400. The van der Waals surface area contributed by atoms with Crippen molar-refractivity contribution in [2.24, 2.45) is 0 Å². The first-order valence-electron chi connectivity index (χ1n) is 9.02. The number of thiazole rings is 1. The van der Waals surface area contributed by atoms with Gasteiger partial charge in [-0.2, -0.15) is 0 Å². The van der Waals surface area contributed by atoms with Gasteiger partial charge in [-0.05, 0) is 50.6 Å². The molecule has 28 heavy (non-hydrogen) atoms. The summed E-state index contributed by atoms with van der Waals surface area (Å²) in [5.74, 6) is 2.83. The van der Waals surface area contributed by atoms with Crippen molar-refractivity contribution in [2.75, 3.05) is 25.0 Å². The summed E-state index contributed by atoms with van der Waals surface area (Å²) >= 11 is 4.75. The van der Waals surface area contributed by atoms with Gasteiger partial charge in [0.25, 0.3) is 0 Å². The highest BCUT2D eigenvalue weighted by molar-refractivity contribution is 9.10. The van der Waals surface area contributed by atoms with Gasteiger partial charge in [0.15, 0.2) is 5.13 Å². The second-order valence-corrected chi connectivity index (χ2v) is 8.87. The molecule has 1 aromatic carbocycles. The number of benzene rings is 1. The number of urea groups is 1. The van der Waals surface area contributed by atoms with Gasteiger partial charge in [-0.25, -0.2) is 9.78 Å². The number of halogens is 1. The second-order valence-electron chi connectivity index (χ2n) is 7.10. The van der Waals surface area contributed by atoms with Gasteiger partial charge in [-0.3, -0.25) is 5.32 Å². The maximum Gasteiger partial charge on any atom is 0.321 e. The van der Waals surface area contributed by atoms with E-state index in [-0.39, 0.29) is 12.6 Å². The Morgan fingerprint density at radius 2 is 2.11 bits per heavy atom. The number of piperidine rings is 1. The molecule has 1 atom stereocenters. The number of terminal acetylenes is 1. The molecular formula is C20H23BrN4O2S. The van der Waals surface area contributed by atoms with E-state index >= 15 is 0 Å². The van der Waals surface area contributed by atoms with Crippen LogP contribution in [-0.4, -0.2) is 41.4 Å². The van der Waals surface area contributed by atoms with Crippen LogP contribution in [0.3, 0.4) is 0 Å². The van der Waals surface area contributed by atoms with Crippen LogP contribution in [0.4, 0.5) is 9.93 Å². The molecule has 0 spiro atoms. The van der Waals surface area contributed by atoms with Gasteiger partial charge in [0.05, 0.1) is 16.7 Å². The summed E-state index contributed by atoms with van der Waals surface area (Å²) in [5, 5.41) is 21.4. The number of nitrogens with zero attached hydrogens (tertiary/aromatic N) is 1. The Labute approximate surface area is 177 Å². The van der Waals surface area contributed by atoms with Gasteiger partial charge in [0, 0.05) is 16.4 Å². The molecule has 1 aliphatic heterocycles. The average Bonchev–Trinajstić information content (AvgIpc) is 3.16. The minimum Gasteiger partial charge on any atom is -0.388 e. The fourth-order valence-electron chi connectivity index (χ4n) is 3.10. The molecule has 3 rings (SSSR count). The van der Waals surface area contributed by atoms with Gasteiger partial charge in [0.2, 0.25) is 0 Å². The number of hydrogen-bond acceptors (Lipinski definition) is 5. The van der Waals surface area contributed by atoms with E-state index in [9.17, 15) is 9.90 Å². The van der Waals surface area contributed by atoms with E-state index < -0.39 is 11.0 Å². The number of rotatable bonds is 5. The van der Waals surface area contributed by atoms with Crippen LogP contribution in [0.25, 0.3) is 0 Å². The number of amides is 2. The Bertz CT molecular complexity index is 871. The van der Waals surface area contributed by atoms with Gasteiger partial charge in [0.1, 0.15) is 0 Å². The summed E-state index contributed by atoms with van der Waals surface area (Å²) in [7, 11) is 0. The van der Waals surface area contributed by atoms with E-state index in [1.807, 2.05) is 36.6 Å². The van der Waals surface area contributed by atoms with Crippen molar-refractivity contribution < 1.29 is 9.90 Å². The summed E-state index contributed by atoms with van der Waals surface area (Å²) in [5.41, 5.74) is 0.0974. The minimum atomic E-state index is -0.861. The summed E-state index contributed by atoms with van der Waals surface area (Å²) < 4.78 is 0.975. The van der Waals surface area contributed by atoms with Crippen LogP contribution >= 0.6 is 27.3 Å². The van der Waals surface area contributed by atoms with Crippen LogP contribution in [0.1, 0.15) is 31.0 Å². The van der Waals surface area contributed by atoms with E-state index in [0.717, 1.165) is 23.1 Å². The average molecular weight is 463 g/mol. The van der Waals surface area contributed by atoms with E-state index in [4.69, 9.17) is 6.42 Å². The molecule has 6 nitrogen and oxygen atoms in total. The molecule has 0 bridgehead atoms.